The maximum Gasteiger partial charge on any atom is 0.167 e. The van der Waals surface area contributed by atoms with E-state index in [0.29, 0.717) is 16.8 Å². The second-order valence-corrected chi connectivity index (χ2v) is 4.88. The van der Waals surface area contributed by atoms with Crippen molar-refractivity contribution < 1.29 is 4.39 Å². The molecule has 94 valence electrons. The van der Waals surface area contributed by atoms with Crippen molar-refractivity contribution in [3.05, 3.63) is 23.1 Å². The minimum atomic E-state index is -0.329. The Morgan fingerprint density at radius 1 is 1.53 bits per heavy atom. The fourth-order valence-corrected chi connectivity index (χ4v) is 2.42. The summed E-state index contributed by atoms with van der Waals surface area (Å²) in [7, 11) is 1.97. The Morgan fingerprint density at radius 2 is 2.24 bits per heavy atom. The van der Waals surface area contributed by atoms with Crippen molar-refractivity contribution in [3.8, 4) is 0 Å². The molecule has 0 atom stereocenters. The van der Waals surface area contributed by atoms with Crippen molar-refractivity contribution in [3.63, 3.8) is 0 Å². The number of rotatable bonds is 3. The second kappa shape index (κ2) is 5.65. The summed E-state index contributed by atoms with van der Waals surface area (Å²) >= 11 is 5.69. The Kier molecular flexibility index (Phi) is 4.18. The van der Waals surface area contributed by atoms with Crippen LogP contribution in [0.15, 0.2) is 12.3 Å². The lowest BCUT2D eigenvalue weighted by Crippen LogP contribution is -2.37. The van der Waals surface area contributed by atoms with Gasteiger partial charge in [0.15, 0.2) is 11.6 Å². The summed E-state index contributed by atoms with van der Waals surface area (Å²) in [6.45, 7) is 2.75. The summed E-state index contributed by atoms with van der Waals surface area (Å²) in [5.41, 5.74) is 0. The largest absolute Gasteiger partial charge is 0.354 e. The molecule has 1 N–H and O–H groups in total. The highest BCUT2D eigenvalue weighted by atomic mass is 35.5. The first-order valence-corrected chi connectivity index (χ1v) is 6.29. The number of nitrogens with one attached hydrogen (secondary N) is 1. The van der Waals surface area contributed by atoms with E-state index in [1.165, 1.54) is 12.3 Å². The Labute approximate surface area is 106 Å². The van der Waals surface area contributed by atoms with Gasteiger partial charge in [-0.2, -0.15) is 0 Å². The summed E-state index contributed by atoms with van der Waals surface area (Å²) in [6, 6.07) is 1.32. The SMILES string of the molecule is CNCC1CCN(c2ncc(Cl)cc2F)CC1. The molecule has 0 amide bonds. The van der Waals surface area contributed by atoms with E-state index in [0.717, 1.165) is 32.5 Å². The van der Waals surface area contributed by atoms with Crippen LogP contribution in [-0.2, 0) is 0 Å². The maximum absolute atomic E-state index is 13.7. The Balaban J connectivity index is 2.00. The van der Waals surface area contributed by atoms with Gasteiger partial charge in [-0.1, -0.05) is 11.6 Å². The third-order valence-electron chi connectivity index (χ3n) is 3.20. The molecule has 0 aromatic carbocycles. The quantitative estimate of drug-likeness (QED) is 0.901. The summed E-state index contributed by atoms with van der Waals surface area (Å²) in [5.74, 6) is 0.786. The molecule has 3 nitrogen and oxygen atoms in total. The molecule has 1 aromatic rings. The number of anilines is 1. The Morgan fingerprint density at radius 3 is 2.82 bits per heavy atom. The standard InChI is InChI=1S/C12H17ClFN3/c1-15-7-9-2-4-17(5-3-9)12-11(14)6-10(13)8-16-12/h6,8-9,15H,2-5,7H2,1H3. The van der Waals surface area contributed by atoms with Gasteiger partial charge in [0.25, 0.3) is 0 Å². The van der Waals surface area contributed by atoms with Crippen molar-refractivity contribution in [2.24, 2.45) is 5.92 Å². The first-order valence-electron chi connectivity index (χ1n) is 5.91. The van der Waals surface area contributed by atoms with E-state index in [2.05, 4.69) is 10.3 Å². The van der Waals surface area contributed by atoms with Crippen LogP contribution in [0, 0.1) is 11.7 Å². The number of hydrogen-bond acceptors (Lipinski definition) is 3. The van der Waals surface area contributed by atoms with Crippen LogP contribution in [0.1, 0.15) is 12.8 Å². The van der Waals surface area contributed by atoms with Crippen molar-refractivity contribution >= 4 is 17.4 Å². The van der Waals surface area contributed by atoms with Gasteiger partial charge in [-0.3, -0.25) is 0 Å². The van der Waals surface area contributed by atoms with E-state index >= 15 is 0 Å². The molecule has 2 rings (SSSR count). The number of hydrogen-bond donors (Lipinski definition) is 1. The number of pyridine rings is 1. The van der Waals surface area contributed by atoms with Gasteiger partial charge in [-0.15, -0.1) is 0 Å². The predicted octanol–water partition coefficient (Wildman–Crippen LogP) is 2.31. The van der Waals surface area contributed by atoms with Crippen LogP contribution >= 0.6 is 11.6 Å². The van der Waals surface area contributed by atoms with Gasteiger partial charge in [-0.05, 0) is 38.4 Å². The minimum absolute atomic E-state index is 0.329. The molecule has 1 saturated heterocycles. The Bertz CT molecular complexity index is 378. The topological polar surface area (TPSA) is 28.2 Å². The van der Waals surface area contributed by atoms with Crippen LogP contribution in [-0.4, -0.2) is 31.7 Å². The van der Waals surface area contributed by atoms with Gasteiger partial charge < -0.3 is 10.2 Å². The van der Waals surface area contributed by atoms with Gasteiger partial charge in [0.2, 0.25) is 0 Å². The van der Waals surface area contributed by atoms with Crippen LogP contribution < -0.4 is 10.2 Å². The van der Waals surface area contributed by atoms with Gasteiger partial charge in [0.1, 0.15) is 0 Å². The molecule has 0 aliphatic carbocycles. The third kappa shape index (κ3) is 3.07. The van der Waals surface area contributed by atoms with E-state index in [4.69, 9.17) is 11.6 Å². The lowest BCUT2D eigenvalue weighted by Gasteiger charge is -2.32. The molecule has 0 radical (unpaired) electrons. The summed E-state index contributed by atoms with van der Waals surface area (Å²) in [4.78, 5) is 6.07. The van der Waals surface area contributed by atoms with Crippen molar-refractivity contribution in [2.45, 2.75) is 12.8 Å². The van der Waals surface area contributed by atoms with E-state index in [1.54, 1.807) is 0 Å². The van der Waals surface area contributed by atoms with Crippen LogP contribution in [0.2, 0.25) is 5.02 Å². The fourth-order valence-electron chi connectivity index (χ4n) is 2.28. The smallest absolute Gasteiger partial charge is 0.167 e. The van der Waals surface area contributed by atoms with E-state index in [1.807, 2.05) is 11.9 Å². The highest BCUT2D eigenvalue weighted by molar-refractivity contribution is 6.30. The van der Waals surface area contributed by atoms with Gasteiger partial charge in [0.05, 0.1) is 5.02 Å². The molecule has 1 aliphatic heterocycles. The van der Waals surface area contributed by atoms with E-state index in [-0.39, 0.29) is 5.82 Å². The first-order chi connectivity index (χ1) is 8.20. The molecular formula is C12H17ClFN3. The molecular weight excluding hydrogens is 241 g/mol. The van der Waals surface area contributed by atoms with E-state index < -0.39 is 0 Å². The van der Waals surface area contributed by atoms with Crippen LogP contribution in [0.3, 0.4) is 0 Å². The molecule has 0 saturated carbocycles. The van der Waals surface area contributed by atoms with Gasteiger partial charge >= 0.3 is 0 Å². The van der Waals surface area contributed by atoms with Gasteiger partial charge in [-0.25, -0.2) is 9.37 Å². The average Bonchev–Trinajstić information content (AvgIpc) is 2.31. The molecule has 1 aromatic heterocycles. The lowest BCUT2D eigenvalue weighted by atomic mass is 9.97. The average molecular weight is 258 g/mol. The summed E-state index contributed by atoms with van der Waals surface area (Å²) in [6.07, 6.45) is 3.65. The highest BCUT2D eigenvalue weighted by Gasteiger charge is 2.21. The van der Waals surface area contributed by atoms with Crippen molar-refractivity contribution in [1.82, 2.24) is 10.3 Å². The van der Waals surface area contributed by atoms with Crippen LogP contribution in [0.25, 0.3) is 0 Å². The fraction of sp³-hybridized carbons (Fsp3) is 0.583. The van der Waals surface area contributed by atoms with Crippen LogP contribution in [0.5, 0.6) is 0 Å². The molecule has 1 aliphatic rings. The van der Waals surface area contributed by atoms with Crippen molar-refractivity contribution in [1.29, 1.82) is 0 Å². The number of aromatic nitrogens is 1. The summed E-state index contributed by atoms with van der Waals surface area (Å²) < 4.78 is 13.7. The second-order valence-electron chi connectivity index (χ2n) is 4.45. The normalized spacial score (nSPS) is 17.5. The minimum Gasteiger partial charge on any atom is -0.354 e. The summed E-state index contributed by atoms with van der Waals surface area (Å²) in [5, 5.41) is 3.53. The number of halogens is 2. The molecule has 0 spiro atoms. The zero-order chi connectivity index (χ0) is 12.3. The first kappa shape index (κ1) is 12.6. The highest BCUT2D eigenvalue weighted by Crippen LogP contribution is 2.24. The molecule has 5 heteroatoms. The molecule has 0 unspecified atom stereocenters. The molecule has 2 heterocycles. The molecule has 0 bridgehead atoms. The third-order valence-corrected chi connectivity index (χ3v) is 3.40. The molecule has 1 fully saturated rings. The lowest BCUT2D eigenvalue weighted by molar-refractivity contribution is 0.389. The predicted molar refractivity (Wildman–Crippen MR) is 68.1 cm³/mol. The molecule has 17 heavy (non-hydrogen) atoms. The number of piperidine rings is 1. The maximum atomic E-state index is 13.7. The zero-order valence-corrected chi connectivity index (χ0v) is 10.7. The van der Waals surface area contributed by atoms with Gasteiger partial charge in [0, 0.05) is 19.3 Å². The monoisotopic (exact) mass is 257 g/mol. The van der Waals surface area contributed by atoms with E-state index in [9.17, 15) is 4.39 Å². The van der Waals surface area contributed by atoms with Crippen molar-refractivity contribution in [2.75, 3.05) is 31.6 Å². The van der Waals surface area contributed by atoms with Crippen LogP contribution in [0.4, 0.5) is 10.2 Å². The zero-order valence-electron chi connectivity index (χ0n) is 9.92. The number of nitrogens with zero attached hydrogens (tertiary/aromatic N) is 2. The Hall–Kier alpha value is -0.870.